The van der Waals surface area contributed by atoms with Crippen LogP contribution in [0.1, 0.15) is 78.7 Å². The fourth-order valence-electron chi connectivity index (χ4n) is 5.86. The summed E-state index contributed by atoms with van der Waals surface area (Å²) in [6, 6.07) is 12.5. The maximum absolute atomic E-state index is 13.4. The molecule has 0 radical (unpaired) electrons. The summed E-state index contributed by atoms with van der Waals surface area (Å²) in [6.07, 6.45) is 1.08. The first-order chi connectivity index (χ1) is 19.0. The molecular weight excluding hydrogens is 546 g/mol. The largest absolute Gasteiger partial charge is 0.444 e. The van der Waals surface area contributed by atoms with Gasteiger partial charge in [-0.15, -0.1) is 0 Å². The van der Waals surface area contributed by atoms with Gasteiger partial charge in [-0.05, 0) is 66.4 Å². The van der Waals surface area contributed by atoms with Crippen LogP contribution in [-0.2, 0) is 19.7 Å². The minimum atomic E-state index is -4.11. The summed E-state index contributed by atoms with van der Waals surface area (Å²) in [4.78, 5) is 29.6. The maximum Gasteiger partial charge on any atom is 0.422 e. The fraction of sp³-hybridized carbons (Fsp3) is 0.690. The molecule has 1 saturated carbocycles. The molecule has 1 aromatic carbocycles. The van der Waals surface area contributed by atoms with Gasteiger partial charge in [0.25, 0.3) is 0 Å². The number of hydrogen-bond acceptors (Lipinski definition) is 8. The summed E-state index contributed by atoms with van der Waals surface area (Å²) in [5, 5.41) is 9.60. The van der Waals surface area contributed by atoms with Crippen LogP contribution in [0.5, 0.6) is 0 Å². The van der Waals surface area contributed by atoms with Crippen LogP contribution in [0.15, 0.2) is 30.3 Å². The summed E-state index contributed by atoms with van der Waals surface area (Å²) in [6.45, 7) is 12.0. The first kappa shape index (κ1) is 31.1. The topological polar surface area (TPSA) is 132 Å². The average molecular weight is 590 g/mol. The number of hydrogen-bond donors (Lipinski definition) is 1. The molecule has 0 bridgehead atoms. The lowest BCUT2D eigenvalue weighted by Gasteiger charge is -2.56. The Balaban J connectivity index is 1.41. The van der Waals surface area contributed by atoms with Crippen molar-refractivity contribution in [3.05, 3.63) is 35.9 Å². The average Bonchev–Trinajstić information content (AvgIpc) is 3.60. The Hall–Kier alpha value is -2.88. The number of nitriles is 1. The number of rotatable bonds is 7. The highest BCUT2D eigenvalue weighted by atomic mass is 32.2. The van der Waals surface area contributed by atoms with Crippen molar-refractivity contribution >= 4 is 22.4 Å². The molecule has 226 valence electrons. The van der Waals surface area contributed by atoms with Crippen molar-refractivity contribution in [1.29, 1.82) is 5.26 Å². The van der Waals surface area contributed by atoms with Crippen LogP contribution in [0.3, 0.4) is 0 Å². The van der Waals surface area contributed by atoms with Gasteiger partial charge in [0.15, 0.2) is 0 Å². The van der Waals surface area contributed by atoms with Gasteiger partial charge in [0.1, 0.15) is 11.2 Å². The first-order valence-corrected chi connectivity index (χ1v) is 15.7. The van der Waals surface area contributed by atoms with Crippen LogP contribution in [0, 0.1) is 11.3 Å². The van der Waals surface area contributed by atoms with Crippen LogP contribution in [0.2, 0.25) is 0 Å². The van der Waals surface area contributed by atoms with Crippen molar-refractivity contribution in [3.63, 3.8) is 0 Å². The normalized spacial score (nSPS) is 23.5. The molecule has 11 nitrogen and oxygen atoms in total. The smallest absolute Gasteiger partial charge is 0.422 e. The molecule has 3 aliphatic rings. The van der Waals surface area contributed by atoms with Crippen LogP contribution in [0.4, 0.5) is 9.59 Å². The zero-order valence-corrected chi connectivity index (χ0v) is 25.7. The van der Waals surface area contributed by atoms with E-state index in [1.54, 1.807) is 20.8 Å². The molecule has 2 heterocycles. The molecule has 3 fully saturated rings. The zero-order valence-electron chi connectivity index (χ0n) is 24.9. The first-order valence-electron chi connectivity index (χ1n) is 14.2. The number of nitrogens with zero attached hydrogens (tertiary/aromatic N) is 4. The van der Waals surface area contributed by atoms with Gasteiger partial charge in [0, 0.05) is 44.2 Å². The molecule has 4 rings (SSSR count). The van der Waals surface area contributed by atoms with Crippen molar-refractivity contribution in [1.82, 2.24) is 18.8 Å². The van der Waals surface area contributed by atoms with E-state index >= 15 is 0 Å². The second kappa shape index (κ2) is 11.4. The number of benzene rings is 1. The number of likely N-dealkylation sites (tertiary alicyclic amines) is 1. The van der Waals surface area contributed by atoms with E-state index in [1.807, 2.05) is 48.6 Å². The van der Waals surface area contributed by atoms with Crippen LogP contribution >= 0.6 is 0 Å². The number of nitrogens with one attached hydrogen (secondary N) is 1. The number of piperidine rings is 1. The molecule has 12 heteroatoms. The lowest BCUT2D eigenvalue weighted by molar-refractivity contribution is -0.0416. The van der Waals surface area contributed by atoms with E-state index in [0.29, 0.717) is 25.9 Å². The Bertz CT molecular complexity index is 1250. The Morgan fingerprint density at radius 2 is 1.63 bits per heavy atom. The third-order valence-electron chi connectivity index (χ3n) is 7.78. The van der Waals surface area contributed by atoms with Crippen molar-refractivity contribution in [2.24, 2.45) is 0 Å². The Morgan fingerprint density at radius 3 is 2.17 bits per heavy atom. The zero-order chi connectivity index (χ0) is 30.2. The molecule has 2 atom stereocenters. The van der Waals surface area contributed by atoms with Crippen molar-refractivity contribution in [2.75, 3.05) is 26.2 Å². The minimum absolute atomic E-state index is 0.0207. The number of amides is 2. The summed E-state index contributed by atoms with van der Waals surface area (Å²) < 4.78 is 39.7. The van der Waals surface area contributed by atoms with E-state index < -0.39 is 33.0 Å². The van der Waals surface area contributed by atoms with Crippen LogP contribution < -0.4 is 4.72 Å². The standard InChI is InChI=1S/C29H43N5O6S/c1-27(2,3)39-25(35)31-41(37,38)33-19-29(20-33,14-15-30)32-16-12-22(13-17-32)34(26(36)40-28(4,5)6)24-18-23(24)21-10-8-7-9-11-21/h7-11,22-24H,12-14,16-20H2,1-6H3,(H,31,35)/t23?,24-/m1/s1. The SMILES string of the molecule is CC(C)(C)OC(=O)NS(=O)(=O)N1CC(CC#N)(N2CCC(N(C(=O)OC(C)(C)C)[C@@H]3CC3c3ccccc3)CC2)C1. The van der Waals surface area contributed by atoms with E-state index in [4.69, 9.17) is 9.47 Å². The molecule has 0 aromatic heterocycles. The minimum Gasteiger partial charge on any atom is -0.444 e. The molecule has 2 amide bonds. The van der Waals surface area contributed by atoms with Crippen molar-refractivity contribution in [2.45, 2.75) is 102 Å². The highest BCUT2D eigenvalue weighted by Crippen LogP contribution is 2.47. The van der Waals surface area contributed by atoms with Gasteiger partial charge in [-0.2, -0.15) is 18.0 Å². The lowest BCUT2D eigenvalue weighted by atomic mass is 9.84. The second-order valence-electron chi connectivity index (χ2n) is 13.4. The van der Waals surface area contributed by atoms with Crippen molar-refractivity contribution in [3.8, 4) is 6.07 Å². The van der Waals surface area contributed by atoms with Gasteiger partial charge in [-0.25, -0.2) is 14.3 Å². The monoisotopic (exact) mass is 589 g/mol. The fourth-order valence-corrected chi connectivity index (χ4v) is 7.06. The quantitative estimate of drug-likeness (QED) is 0.505. The van der Waals surface area contributed by atoms with Crippen molar-refractivity contribution < 1.29 is 27.5 Å². The van der Waals surface area contributed by atoms with Gasteiger partial charge in [0.2, 0.25) is 0 Å². The van der Waals surface area contributed by atoms with Gasteiger partial charge in [-0.1, -0.05) is 30.3 Å². The molecular formula is C29H43N5O6S. The molecule has 2 saturated heterocycles. The highest BCUT2D eigenvalue weighted by Gasteiger charge is 2.54. The van der Waals surface area contributed by atoms with Gasteiger partial charge >= 0.3 is 22.4 Å². The molecule has 1 aromatic rings. The second-order valence-corrected chi connectivity index (χ2v) is 15.0. The van der Waals surface area contributed by atoms with E-state index in [0.717, 1.165) is 6.42 Å². The summed E-state index contributed by atoms with van der Waals surface area (Å²) in [5.74, 6) is 0.273. The van der Waals surface area contributed by atoms with Gasteiger partial charge in [0.05, 0.1) is 18.0 Å². The molecule has 0 spiro atoms. The predicted molar refractivity (Wildman–Crippen MR) is 153 cm³/mol. The van der Waals surface area contributed by atoms with Gasteiger partial charge in [-0.3, -0.25) is 4.90 Å². The molecule has 1 unspecified atom stereocenters. The van der Waals surface area contributed by atoms with E-state index in [9.17, 15) is 23.3 Å². The Morgan fingerprint density at radius 1 is 1.05 bits per heavy atom. The van der Waals surface area contributed by atoms with E-state index in [2.05, 4.69) is 23.1 Å². The summed E-state index contributed by atoms with van der Waals surface area (Å²) in [5.41, 5.74) is -0.880. The molecule has 1 aliphatic carbocycles. The summed E-state index contributed by atoms with van der Waals surface area (Å²) in [7, 11) is -4.11. The molecule has 2 aliphatic heterocycles. The van der Waals surface area contributed by atoms with E-state index in [1.165, 1.54) is 9.87 Å². The third kappa shape index (κ3) is 7.50. The number of ether oxygens (including phenoxy) is 2. The summed E-state index contributed by atoms with van der Waals surface area (Å²) >= 11 is 0. The predicted octanol–water partition coefficient (Wildman–Crippen LogP) is 3.98. The van der Waals surface area contributed by atoms with Crippen LogP contribution in [-0.4, -0.2) is 89.7 Å². The molecule has 41 heavy (non-hydrogen) atoms. The van der Waals surface area contributed by atoms with Crippen LogP contribution in [0.25, 0.3) is 0 Å². The van der Waals surface area contributed by atoms with E-state index in [-0.39, 0.29) is 43.6 Å². The number of carbonyl (C=O) groups is 2. The Kier molecular flexibility index (Phi) is 8.65. The maximum atomic E-state index is 13.4. The van der Waals surface area contributed by atoms with Gasteiger partial charge < -0.3 is 14.4 Å². The number of carbonyl (C=O) groups excluding carboxylic acids is 2. The lowest BCUT2D eigenvalue weighted by Crippen LogP contribution is -2.73. The highest BCUT2D eigenvalue weighted by molar-refractivity contribution is 7.87. The molecule has 1 N–H and O–H groups in total. The third-order valence-corrected chi connectivity index (χ3v) is 9.14. The Labute approximate surface area is 243 Å².